The highest BCUT2D eigenvalue weighted by atomic mass is 19.3. The second-order valence-corrected chi connectivity index (χ2v) is 5.90. The van der Waals surface area contributed by atoms with Gasteiger partial charge in [-0.15, -0.1) is 0 Å². The highest BCUT2D eigenvalue weighted by Crippen LogP contribution is 2.36. The summed E-state index contributed by atoms with van der Waals surface area (Å²) >= 11 is 0. The summed E-state index contributed by atoms with van der Waals surface area (Å²) in [6, 6.07) is 11.9. The maximum absolute atomic E-state index is 12.8. The van der Waals surface area contributed by atoms with E-state index in [1.54, 1.807) is 36.4 Å². The minimum atomic E-state index is -2.97. The maximum Gasteiger partial charge on any atom is 0.387 e. The molecule has 0 spiro atoms. The molecule has 3 aromatic rings. The third-order valence-corrected chi connectivity index (χ3v) is 4.23. The first-order chi connectivity index (χ1) is 13.5. The number of para-hydroxylation sites is 1. The first-order valence-electron chi connectivity index (χ1n) is 8.20. The number of aromatic nitrogens is 3. The Morgan fingerprint density at radius 2 is 2.04 bits per heavy atom. The van der Waals surface area contributed by atoms with Gasteiger partial charge in [-0.2, -0.15) is 18.9 Å². The highest BCUT2D eigenvalue weighted by molar-refractivity contribution is 5.78. The van der Waals surface area contributed by atoms with Gasteiger partial charge in [0.25, 0.3) is 5.69 Å². The first kappa shape index (κ1) is 17.6. The van der Waals surface area contributed by atoms with Crippen LogP contribution in [0.1, 0.15) is 17.2 Å². The predicted molar refractivity (Wildman–Crippen MR) is 95.9 cm³/mol. The lowest BCUT2D eigenvalue weighted by molar-refractivity contribution is -0.384. The van der Waals surface area contributed by atoms with Crippen LogP contribution < -0.4 is 10.1 Å². The number of rotatable bonds is 5. The average Bonchev–Trinajstić information content (AvgIpc) is 3.16. The summed E-state index contributed by atoms with van der Waals surface area (Å²) in [5.41, 5.74) is 1.49. The molecule has 0 saturated carbocycles. The van der Waals surface area contributed by atoms with Gasteiger partial charge in [0.15, 0.2) is 0 Å². The van der Waals surface area contributed by atoms with Crippen LogP contribution in [0, 0.1) is 10.1 Å². The van der Waals surface area contributed by atoms with Gasteiger partial charge in [-0.05, 0) is 12.1 Å². The Morgan fingerprint density at radius 3 is 2.82 bits per heavy atom. The van der Waals surface area contributed by atoms with Crippen LogP contribution in [-0.4, -0.2) is 26.3 Å². The van der Waals surface area contributed by atoms with Crippen molar-refractivity contribution in [2.75, 3.05) is 5.32 Å². The SMILES string of the molecule is O=[N+]([O-])c1cccc(C2=CC(c3ccccc3OC(F)F)n3ncnc3N2)c1. The fourth-order valence-corrected chi connectivity index (χ4v) is 3.04. The van der Waals surface area contributed by atoms with Gasteiger partial charge in [0.2, 0.25) is 5.95 Å². The summed E-state index contributed by atoms with van der Waals surface area (Å²) in [7, 11) is 0. The van der Waals surface area contributed by atoms with Gasteiger partial charge in [-0.25, -0.2) is 4.68 Å². The molecule has 2 aromatic carbocycles. The van der Waals surface area contributed by atoms with Gasteiger partial charge < -0.3 is 10.1 Å². The van der Waals surface area contributed by atoms with Crippen molar-refractivity contribution >= 4 is 17.3 Å². The van der Waals surface area contributed by atoms with Crippen LogP contribution in [0.3, 0.4) is 0 Å². The van der Waals surface area contributed by atoms with E-state index >= 15 is 0 Å². The Kier molecular flexibility index (Phi) is 4.44. The van der Waals surface area contributed by atoms with E-state index < -0.39 is 17.6 Å². The molecule has 1 aliphatic heterocycles. The van der Waals surface area contributed by atoms with Crippen molar-refractivity contribution in [3.63, 3.8) is 0 Å². The molecule has 1 aliphatic rings. The lowest BCUT2D eigenvalue weighted by atomic mass is 10.0. The predicted octanol–water partition coefficient (Wildman–Crippen LogP) is 3.84. The third kappa shape index (κ3) is 3.27. The van der Waals surface area contributed by atoms with Crippen LogP contribution in [0.15, 0.2) is 60.9 Å². The third-order valence-electron chi connectivity index (χ3n) is 4.23. The summed E-state index contributed by atoms with van der Waals surface area (Å²) in [6.45, 7) is -2.97. The zero-order chi connectivity index (χ0) is 19.7. The van der Waals surface area contributed by atoms with Crippen molar-refractivity contribution in [2.24, 2.45) is 0 Å². The molecule has 1 unspecified atom stereocenters. The lowest BCUT2D eigenvalue weighted by Gasteiger charge is -2.25. The molecule has 0 bridgehead atoms. The van der Waals surface area contributed by atoms with Crippen LogP contribution in [0.4, 0.5) is 20.4 Å². The Morgan fingerprint density at radius 1 is 1.21 bits per heavy atom. The van der Waals surface area contributed by atoms with Gasteiger partial charge in [0, 0.05) is 29.0 Å². The number of halogens is 2. The number of anilines is 1. The standard InChI is InChI=1S/C18H13F2N5O3/c19-17(20)28-16-7-2-1-6-13(16)15-9-14(23-18-21-10-22-24(15)18)11-4-3-5-12(8-11)25(26)27/h1-10,15,17H,(H,21,22,23). The van der Waals surface area contributed by atoms with Gasteiger partial charge in [-0.3, -0.25) is 10.1 Å². The molecule has 0 radical (unpaired) electrons. The van der Waals surface area contributed by atoms with E-state index in [4.69, 9.17) is 0 Å². The molecule has 1 N–H and O–H groups in total. The van der Waals surface area contributed by atoms with E-state index in [2.05, 4.69) is 20.1 Å². The summed E-state index contributed by atoms with van der Waals surface area (Å²) in [4.78, 5) is 14.7. The molecule has 0 saturated heterocycles. The Bertz CT molecular complexity index is 1070. The van der Waals surface area contributed by atoms with Crippen LogP contribution in [0.25, 0.3) is 5.70 Å². The first-order valence-corrected chi connectivity index (χ1v) is 8.20. The van der Waals surface area contributed by atoms with E-state index in [0.29, 0.717) is 22.8 Å². The second-order valence-electron chi connectivity index (χ2n) is 5.90. The maximum atomic E-state index is 12.8. The Hall–Kier alpha value is -3.82. The minimum Gasteiger partial charge on any atom is -0.434 e. The number of nitro groups is 1. The number of allylic oxidation sites excluding steroid dienone is 1. The summed E-state index contributed by atoms with van der Waals surface area (Å²) in [5, 5.41) is 18.3. The zero-order valence-electron chi connectivity index (χ0n) is 14.2. The number of fused-ring (bicyclic) bond motifs is 1. The van der Waals surface area contributed by atoms with Crippen LogP contribution in [0.5, 0.6) is 5.75 Å². The highest BCUT2D eigenvalue weighted by Gasteiger charge is 2.27. The number of ether oxygens (including phenoxy) is 1. The monoisotopic (exact) mass is 385 g/mol. The second kappa shape index (κ2) is 7.06. The molecule has 28 heavy (non-hydrogen) atoms. The van der Waals surface area contributed by atoms with Crippen molar-refractivity contribution in [2.45, 2.75) is 12.7 Å². The molecular weight excluding hydrogens is 372 g/mol. The number of alkyl halides is 2. The number of hydrogen-bond donors (Lipinski definition) is 1. The molecular formula is C18H13F2N5O3. The molecule has 0 aliphatic carbocycles. The van der Waals surface area contributed by atoms with Crippen LogP contribution in [0.2, 0.25) is 0 Å². The number of nitrogens with zero attached hydrogens (tertiary/aromatic N) is 4. The fraction of sp³-hybridized carbons (Fsp3) is 0.111. The molecule has 142 valence electrons. The summed E-state index contributed by atoms with van der Waals surface area (Å²) in [5.74, 6) is 0.390. The van der Waals surface area contributed by atoms with E-state index in [1.807, 2.05) is 0 Å². The molecule has 0 fully saturated rings. The van der Waals surface area contributed by atoms with E-state index in [-0.39, 0.29) is 11.4 Å². The number of benzene rings is 2. The quantitative estimate of drug-likeness (QED) is 0.530. The van der Waals surface area contributed by atoms with E-state index in [0.717, 1.165) is 0 Å². The zero-order valence-corrected chi connectivity index (χ0v) is 14.2. The normalized spacial score (nSPS) is 15.5. The van der Waals surface area contributed by atoms with E-state index in [9.17, 15) is 18.9 Å². The molecule has 1 atom stereocenters. The summed E-state index contributed by atoms with van der Waals surface area (Å²) < 4.78 is 31.8. The van der Waals surface area contributed by atoms with Crippen molar-refractivity contribution in [1.82, 2.24) is 14.8 Å². The van der Waals surface area contributed by atoms with Gasteiger partial charge in [0.05, 0.1) is 4.92 Å². The van der Waals surface area contributed by atoms with Crippen molar-refractivity contribution in [3.05, 3.63) is 82.2 Å². The number of non-ortho nitro benzene ring substituents is 1. The van der Waals surface area contributed by atoms with Gasteiger partial charge >= 0.3 is 6.61 Å². The number of nitrogens with one attached hydrogen (secondary N) is 1. The van der Waals surface area contributed by atoms with Crippen molar-refractivity contribution in [1.29, 1.82) is 0 Å². The van der Waals surface area contributed by atoms with E-state index in [1.165, 1.54) is 29.2 Å². The molecule has 0 amide bonds. The van der Waals surface area contributed by atoms with Gasteiger partial charge in [0.1, 0.15) is 18.1 Å². The summed E-state index contributed by atoms with van der Waals surface area (Å²) in [6.07, 6.45) is 3.06. The Balaban J connectivity index is 1.81. The molecule has 4 rings (SSSR count). The minimum absolute atomic E-state index is 0.0143. The molecule has 8 nitrogen and oxygen atoms in total. The largest absolute Gasteiger partial charge is 0.434 e. The topological polar surface area (TPSA) is 95.1 Å². The average molecular weight is 385 g/mol. The lowest BCUT2D eigenvalue weighted by Crippen LogP contribution is -2.21. The number of hydrogen-bond acceptors (Lipinski definition) is 6. The van der Waals surface area contributed by atoms with Crippen LogP contribution in [-0.2, 0) is 0 Å². The van der Waals surface area contributed by atoms with Crippen molar-refractivity contribution in [3.8, 4) is 5.75 Å². The van der Waals surface area contributed by atoms with Crippen molar-refractivity contribution < 1.29 is 18.4 Å². The molecule has 10 heteroatoms. The Labute approximate surface area is 157 Å². The van der Waals surface area contributed by atoms with Crippen LogP contribution >= 0.6 is 0 Å². The molecule has 2 heterocycles. The van der Waals surface area contributed by atoms with Gasteiger partial charge in [-0.1, -0.05) is 30.3 Å². The smallest absolute Gasteiger partial charge is 0.387 e. The number of nitro benzene ring substituents is 1. The fourth-order valence-electron chi connectivity index (χ4n) is 3.04. The molecule has 1 aromatic heterocycles.